The van der Waals surface area contributed by atoms with E-state index in [9.17, 15) is 0 Å². The first-order valence-corrected chi connectivity index (χ1v) is 4.65. The van der Waals surface area contributed by atoms with Gasteiger partial charge in [-0.3, -0.25) is 4.57 Å². The molecule has 0 radical (unpaired) electrons. The number of hydrogen-bond donors (Lipinski definition) is 2. The Labute approximate surface area is 83.5 Å². The van der Waals surface area contributed by atoms with Gasteiger partial charge in [0.25, 0.3) is 6.01 Å². The van der Waals surface area contributed by atoms with Crippen LogP contribution in [0.4, 0.5) is 0 Å². The van der Waals surface area contributed by atoms with Gasteiger partial charge >= 0.3 is 0 Å². The quantitative estimate of drug-likeness (QED) is 0.702. The number of methoxy groups -OCH3 is 1. The second-order valence-corrected chi connectivity index (χ2v) is 3.08. The maximum atomic E-state index is 9.16. The molecule has 1 aromatic heterocycles. The van der Waals surface area contributed by atoms with Crippen molar-refractivity contribution in [2.75, 3.05) is 13.7 Å². The number of aliphatic hydroxyl groups excluding tert-OH is 1. The molecule has 3 N–H and O–H groups in total. The molecule has 5 heteroatoms. The second-order valence-electron chi connectivity index (χ2n) is 3.08. The van der Waals surface area contributed by atoms with Crippen molar-refractivity contribution in [2.24, 2.45) is 5.73 Å². The fraction of sp³-hybridized carbons (Fsp3) is 0.667. The normalized spacial score (nSPS) is 10.6. The third kappa shape index (κ3) is 2.05. The van der Waals surface area contributed by atoms with E-state index in [1.807, 2.05) is 11.5 Å². The fourth-order valence-electron chi connectivity index (χ4n) is 1.41. The first-order chi connectivity index (χ1) is 6.74. The van der Waals surface area contributed by atoms with Gasteiger partial charge in [0.05, 0.1) is 25.1 Å². The lowest BCUT2D eigenvalue weighted by molar-refractivity contribution is 0.264. The Hall–Kier alpha value is -1.07. The van der Waals surface area contributed by atoms with Gasteiger partial charge in [-0.25, -0.2) is 4.98 Å². The van der Waals surface area contributed by atoms with Crippen LogP contribution in [0.1, 0.15) is 17.8 Å². The molecular formula is C9H17N3O2. The minimum Gasteiger partial charge on any atom is -0.468 e. The maximum absolute atomic E-state index is 9.16. The van der Waals surface area contributed by atoms with Crippen LogP contribution in [0, 0.1) is 6.92 Å². The number of imidazole rings is 1. The Kier molecular flexibility index (Phi) is 3.91. The Balaban J connectivity index is 2.95. The first-order valence-electron chi connectivity index (χ1n) is 4.65. The van der Waals surface area contributed by atoms with Crippen LogP contribution in [0.15, 0.2) is 0 Å². The molecule has 0 atom stereocenters. The van der Waals surface area contributed by atoms with Crippen LogP contribution < -0.4 is 10.5 Å². The van der Waals surface area contributed by atoms with Crippen molar-refractivity contribution in [2.45, 2.75) is 26.5 Å². The van der Waals surface area contributed by atoms with Gasteiger partial charge in [0.15, 0.2) is 0 Å². The summed E-state index contributed by atoms with van der Waals surface area (Å²) in [5.41, 5.74) is 7.04. The molecule has 0 saturated carbocycles. The molecule has 5 nitrogen and oxygen atoms in total. The molecular weight excluding hydrogens is 182 g/mol. The number of aliphatic hydroxyl groups is 1. The van der Waals surface area contributed by atoms with Crippen molar-refractivity contribution in [3.63, 3.8) is 0 Å². The Morgan fingerprint density at radius 1 is 1.57 bits per heavy atom. The molecule has 80 valence electrons. The number of ether oxygens (including phenoxy) is 1. The molecule has 0 aliphatic rings. The summed E-state index contributed by atoms with van der Waals surface area (Å²) in [4.78, 5) is 4.19. The molecule has 1 aromatic rings. The summed E-state index contributed by atoms with van der Waals surface area (Å²) in [5, 5.41) is 9.16. The van der Waals surface area contributed by atoms with Crippen molar-refractivity contribution < 1.29 is 9.84 Å². The number of rotatable bonds is 5. The minimum atomic E-state index is -0.0211. The zero-order valence-electron chi connectivity index (χ0n) is 8.66. The molecule has 14 heavy (non-hydrogen) atoms. The van der Waals surface area contributed by atoms with E-state index in [1.54, 1.807) is 7.11 Å². The minimum absolute atomic E-state index is 0.0211. The summed E-state index contributed by atoms with van der Waals surface area (Å²) in [6.07, 6.45) is 0.846. The smallest absolute Gasteiger partial charge is 0.296 e. The highest BCUT2D eigenvalue weighted by atomic mass is 16.5. The number of nitrogens with two attached hydrogens (primary N) is 1. The molecule has 0 aliphatic carbocycles. The molecule has 0 spiro atoms. The second kappa shape index (κ2) is 4.97. The van der Waals surface area contributed by atoms with Gasteiger partial charge in [0.1, 0.15) is 0 Å². The van der Waals surface area contributed by atoms with Crippen molar-refractivity contribution in [1.29, 1.82) is 0 Å². The van der Waals surface area contributed by atoms with E-state index < -0.39 is 0 Å². The molecule has 1 rings (SSSR count). The van der Waals surface area contributed by atoms with E-state index in [1.165, 1.54) is 0 Å². The molecule has 0 fully saturated rings. The van der Waals surface area contributed by atoms with E-state index >= 15 is 0 Å². The molecule has 0 bridgehead atoms. The summed E-state index contributed by atoms with van der Waals surface area (Å²) >= 11 is 0. The maximum Gasteiger partial charge on any atom is 0.296 e. The van der Waals surface area contributed by atoms with Gasteiger partial charge < -0.3 is 15.6 Å². The monoisotopic (exact) mass is 199 g/mol. The van der Waals surface area contributed by atoms with Crippen LogP contribution >= 0.6 is 0 Å². The summed E-state index contributed by atoms with van der Waals surface area (Å²) in [7, 11) is 1.57. The highest BCUT2D eigenvalue weighted by Gasteiger charge is 2.12. The van der Waals surface area contributed by atoms with Gasteiger partial charge in [-0.2, -0.15) is 0 Å². The van der Waals surface area contributed by atoms with Crippen molar-refractivity contribution in [1.82, 2.24) is 9.55 Å². The first kappa shape index (κ1) is 11.0. The third-order valence-corrected chi connectivity index (χ3v) is 2.16. The predicted molar refractivity (Wildman–Crippen MR) is 53.1 cm³/mol. The number of hydrogen-bond acceptors (Lipinski definition) is 4. The lowest BCUT2D eigenvalue weighted by Gasteiger charge is -2.08. The lowest BCUT2D eigenvalue weighted by atomic mass is 10.3. The van der Waals surface area contributed by atoms with E-state index in [0.717, 1.165) is 24.4 Å². The third-order valence-electron chi connectivity index (χ3n) is 2.16. The van der Waals surface area contributed by atoms with Crippen molar-refractivity contribution in [3.05, 3.63) is 11.4 Å². The molecule has 0 amide bonds. The predicted octanol–water partition coefficient (Wildman–Crippen LogP) is 0.0412. The highest BCUT2D eigenvalue weighted by molar-refractivity contribution is 5.18. The van der Waals surface area contributed by atoms with Crippen molar-refractivity contribution in [3.8, 4) is 6.01 Å². The topological polar surface area (TPSA) is 73.3 Å². The highest BCUT2D eigenvalue weighted by Crippen LogP contribution is 2.17. The van der Waals surface area contributed by atoms with E-state index in [2.05, 4.69) is 4.98 Å². The molecule has 0 saturated heterocycles. The zero-order chi connectivity index (χ0) is 10.6. The standard InChI is InChI=1S/C9H17N3O2/c1-7-8(6-13)12(5-3-4-10)9(11-7)14-2/h13H,3-6,10H2,1-2H3. The molecule has 0 unspecified atom stereocenters. The fourth-order valence-corrected chi connectivity index (χ4v) is 1.41. The lowest BCUT2D eigenvalue weighted by Crippen LogP contribution is -2.10. The SMILES string of the molecule is COc1nc(C)c(CO)n1CCCN. The summed E-state index contributed by atoms with van der Waals surface area (Å²) in [6.45, 7) is 3.18. The Morgan fingerprint density at radius 3 is 2.79 bits per heavy atom. The largest absolute Gasteiger partial charge is 0.468 e. The van der Waals surface area contributed by atoms with Gasteiger partial charge in [-0.15, -0.1) is 0 Å². The van der Waals surface area contributed by atoms with Crippen LogP contribution in [0.2, 0.25) is 0 Å². The average molecular weight is 199 g/mol. The Morgan fingerprint density at radius 2 is 2.29 bits per heavy atom. The van der Waals surface area contributed by atoms with Crippen LogP contribution in [0.5, 0.6) is 6.01 Å². The summed E-state index contributed by atoms with van der Waals surface area (Å²) in [5.74, 6) is 0. The van der Waals surface area contributed by atoms with Crippen LogP contribution in [-0.4, -0.2) is 28.3 Å². The van der Waals surface area contributed by atoms with Crippen LogP contribution in [0.3, 0.4) is 0 Å². The van der Waals surface area contributed by atoms with Crippen LogP contribution in [0.25, 0.3) is 0 Å². The number of aromatic nitrogens is 2. The zero-order valence-corrected chi connectivity index (χ0v) is 8.66. The van der Waals surface area contributed by atoms with E-state index in [-0.39, 0.29) is 6.61 Å². The van der Waals surface area contributed by atoms with Crippen LogP contribution in [-0.2, 0) is 13.2 Å². The van der Waals surface area contributed by atoms with Gasteiger partial charge in [0.2, 0.25) is 0 Å². The molecule has 1 heterocycles. The molecule has 0 aliphatic heterocycles. The summed E-state index contributed by atoms with van der Waals surface area (Å²) < 4.78 is 6.97. The number of aryl methyl sites for hydroxylation is 1. The Bertz CT molecular complexity index is 296. The van der Waals surface area contributed by atoms with Gasteiger partial charge in [-0.05, 0) is 19.9 Å². The van der Waals surface area contributed by atoms with Gasteiger partial charge in [0, 0.05) is 6.54 Å². The molecule has 0 aromatic carbocycles. The van der Waals surface area contributed by atoms with E-state index in [0.29, 0.717) is 12.6 Å². The van der Waals surface area contributed by atoms with Crippen molar-refractivity contribution >= 4 is 0 Å². The number of nitrogens with zero attached hydrogens (tertiary/aromatic N) is 2. The van der Waals surface area contributed by atoms with E-state index in [4.69, 9.17) is 15.6 Å². The summed E-state index contributed by atoms with van der Waals surface area (Å²) in [6, 6.07) is 0.542. The average Bonchev–Trinajstić information content (AvgIpc) is 2.50. The van der Waals surface area contributed by atoms with Gasteiger partial charge in [-0.1, -0.05) is 0 Å².